The van der Waals surface area contributed by atoms with Crippen LogP contribution in [0.2, 0.25) is 0 Å². The number of aromatic nitrogens is 1. The third-order valence-corrected chi connectivity index (χ3v) is 5.78. The maximum absolute atomic E-state index is 13.2. The van der Waals surface area contributed by atoms with Crippen LogP contribution in [0.1, 0.15) is 36.6 Å². The molecule has 9 heteroatoms. The zero-order chi connectivity index (χ0) is 22.7. The van der Waals surface area contributed by atoms with E-state index in [2.05, 4.69) is 17.2 Å². The Bertz CT molecular complexity index is 973. The minimum absolute atomic E-state index is 0.107. The van der Waals surface area contributed by atoms with Gasteiger partial charge in [0.15, 0.2) is 11.5 Å². The van der Waals surface area contributed by atoms with Gasteiger partial charge in [0.1, 0.15) is 24.7 Å². The first kappa shape index (κ1) is 22.2. The van der Waals surface area contributed by atoms with Gasteiger partial charge in [-0.25, -0.2) is 4.98 Å². The number of piperidine rings is 1. The zero-order valence-electron chi connectivity index (χ0n) is 17.9. The summed E-state index contributed by atoms with van der Waals surface area (Å²) in [5.74, 6) is 1.85. The van der Waals surface area contributed by atoms with Crippen molar-refractivity contribution in [3.05, 3.63) is 47.2 Å². The number of pyridine rings is 1. The molecule has 2 aromatic rings. The Balaban J connectivity index is 1.45. The summed E-state index contributed by atoms with van der Waals surface area (Å²) in [6, 6.07) is 7.72. The Morgan fingerprint density at radius 2 is 1.84 bits per heavy atom. The Morgan fingerprint density at radius 1 is 1.12 bits per heavy atom. The Labute approximate surface area is 184 Å². The van der Waals surface area contributed by atoms with Crippen LogP contribution in [-0.2, 0) is 23.9 Å². The van der Waals surface area contributed by atoms with Gasteiger partial charge in [0, 0.05) is 25.2 Å². The van der Waals surface area contributed by atoms with Crippen molar-refractivity contribution in [2.75, 3.05) is 31.2 Å². The molecule has 6 nitrogen and oxygen atoms in total. The maximum Gasteiger partial charge on any atom is 0.433 e. The van der Waals surface area contributed by atoms with Gasteiger partial charge in [-0.15, -0.1) is 0 Å². The Morgan fingerprint density at radius 3 is 2.56 bits per heavy atom. The molecule has 2 aliphatic rings. The van der Waals surface area contributed by atoms with Crippen molar-refractivity contribution in [1.29, 1.82) is 0 Å². The molecule has 0 aliphatic carbocycles. The van der Waals surface area contributed by atoms with Gasteiger partial charge in [0.05, 0.1) is 6.42 Å². The largest absolute Gasteiger partial charge is 0.486 e. The van der Waals surface area contributed by atoms with E-state index in [4.69, 9.17) is 9.47 Å². The molecule has 0 bridgehead atoms. The number of hydrogen-bond donors (Lipinski definition) is 1. The predicted octanol–water partition coefficient (Wildman–Crippen LogP) is 3.97. The third kappa shape index (κ3) is 5.26. The fraction of sp³-hybridized carbons (Fsp3) is 0.478. The molecule has 0 spiro atoms. The third-order valence-electron chi connectivity index (χ3n) is 5.78. The van der Waals surface area contributed by atoms with E-state index in [1.807, 2.05) is 4.90 Å². The van der Waals surface area contributed by atoms with Crippen molar-refractivity contribution in [2.24, 2.45) is 5.92 Å². The highest BCUT2D eigenvalue weighted by atomic mass is 19.4. The number of alkyl halides is 3. The molecule has 1 saturated heterocycles. The highest BCUT2D eigenvalue weighted by Crippen LogP contribution is 2.33. The molecule has 1 aromatic carbocycles. The number of fused-ring (bicyclic) bond motifs is 1. The number of anilines is 1. The van der Waals surface area contributed by atoms with Crippen LogP contribution >= 0.6 is 0 Å². The second-order valence-electron chi connectivity index (χ2n) is 8.28. The van der Waals surface area contributed by atoms with Crippen molar-refractivity contribution < 1.29 is 27.4 Å². The van der Waals surface area contributed by atoms with Crippen molar-refractivity contribution in [2.45, 2.75) is 38.9 Å². The van der Waals surface area contributed by atoms with Gasteiger partial charge < -0.3 is 19.7 Å². The van der Waals surface area contributed by atoms with Gasteiger partial charge in [0.2, 0.25) is 5.91 Å². The van der Waals surface area contributed by atoms with E-state index in [0.29, 0.717) is 55.1 Å². The first-order valence-corrected chi connectivity index (χ1v) is 10.8. The molecule has 1 fully saturated rings. The predicted molar refractivity (Wildman–Crippen MR) is 113 cm³/mol. The van der Waals surface area contributed by atoms with Crippen molar-refractivity contribution in [1.82, 2.24) is 10.3 Å². The van der Waals surface area contributed by atoms with Gasteiger partial charge >= 0.3 is 6.18 Å². The van der Waals surface area contributed by atoms with Crippen LogP contribution in [0.25, 0.3) is 0 Å². The van der Waals surface area contributed by atoms with Gasteiger partial charge in [0.25, 0.3) is 0 Å². The number of rotatable bonds is 5. The summed E-state index contributed by atoms with van der Waals surface area (Å²) in [4.78, 5) is 18.3. The number of benzene rings is 1. The summed E-state index contributed by atoms with van der Waals surface area (Å²) in [7, 11) is 0. The molecular weight excluding hydrogens is 423 g/mol. The molecule has 0 saturated carbocycles. The second-order valence-corrected chi connectivity index (χ2v) is 8.28. The van der Waals surface area contributed by atoms with Crippen LogP contribution < -0.4 is 19.7 Å². The summed E-state index contributed by atoms with van der Waals surface area (Å²) in [5.41, 5.74) is 0.420. The normalized spacial score (nSPS) is 16.7. The molecule has 0 unspecified atom stereocenters. The van der Waals surface area contributed by atoms with E-state index >= 15 is 0 Å². The lowest BCUT2D eigenvalue weighted by atomic mass is 9.99. The maximum atomic E-state index is 13.2. The van der Waals surface area contributed by atoms with Crippen LogP contribution in [0.3, 0.4) is 0 Å². The van der Waals surface area contributed by atoms with E-state index < -0.39 is 11.9 Å². The van der Waals surface area contributed by atoms with Gasteiger partial charge in [-0.3, -0.25) is 4.79 Å². The standard InChI is InChI=1S/C23H26F3N3O3/c1-15-6-8-29(9-7-15)22-17(3-5-20(28-22)23(24,25)26)14-27-21(30)13-16-2-4-18-19(12-16)32-11-10-31-18/h2-5,12,15H,6-11,13-14H2,1H3,(H,27,30). The highest BCUT2D eigenvalue weighted by molar-refractivity contribution is 5.79. The molecular formula is C23H26F3N3O3. The summed E-state index contributed by atoms with van der Waals surface area (Å²) in [6.45, 7) is 4.49. The first-order chi connectivity index (χ1) is 15.3. The van der Waals surface area contributed by atoms with E-state index in [9.17, 15) is 18.0 Å². The highest BCUT2D eigenvalue weighted by Gasteiger charge is 2.34. The number of nitrogens with one attached hydrogen (secondary N) is 1. The monoisotopic (exact) mass is 449 g/mol. The van der Waals surface area contributed by atoms with Crippen LogP contribution in [0.4, 0.5) is 19.0 Å². The van der Waals surface area contributed by atoms with E-state index in [0.717, 1.165) is 24.5 Å². The molecule has 4 rings (SSSR count). The fourth-order valence-corrected chi connectivity index (χ4v) is 3.91. The minimum Gasteiger partial charge on any atom is -0.486 e. The molecule has 0 atom stereocenters. The van der Waals surface area contributed by atoms with E-state index in [-0.39, 0.29) is 18.9 Å². The lowest BCUT2D eigenvalue weighted by Crippen LogP contribution is -2.35. The summed E-state index contributed by atoms with van der Waals surface area (Å²) >= 11 is 0. The van der Waals surface area contributed by atoms with Crippen molar-refractivity contribution in [3.8, 4) is 11.5 Å². The lowest BCUT2D eigenvalue weighted by Gasteiger charge is -2.33. The van der Waals surface area contributed by atoms with Crippen molar-refractivity contribution in [3.63, 3.8) is 0 Å². The minimum atomic E-state index is -4.52. The Hall–Kier alpha value is -2.97. The molecule has 1 amide bonds. The summed E-state index contributed by atoms with van der Waals surface area (Å²) in [5, 5.41) is 2.82. The van der Waals surface area contributed by atoms with Gasteiger partial charge in [-0.05, 0) is 42.5 Å². The van der Waals surface area contributed by atoms with Crippen molar-refractivity contribution >= 4 is 11.7 Å². The Kier molecular flexibility index (Phi) is 6.43. The van der Waals surface area contributed by atoms with E-state index in [1.165, 1.54) is 6.07 Å². The SMILES string of the molecule is CC1CCN(c2nc(C(F)(F)F)ccc2CNC(=O)Cc2ccc3c(c2)OCCO3)CC1. The molecule has 2 aliphatic heterocycles. The summed E-state index contributed by atoms with van der Waals surface area (Å²) in [6.07, 6.45) is -2.60. The average molecular weight is 449 g/mol. The van der Waals surface area contributed by atoms with Crippen LogP contribution in [0.5, 0.6) is 11.5 Å². The number of hydrogen-bond acceptors (Lipinski definition) is 5. The van der Waals surface area contributed by atoms with Gasteiger partial charge in [-0.2, -0.15) is 13.2 Å². The van der Waals surface area contributed by atoms with Crippen LogP contribution in [0.15, 0.2) is 30.3 Å². The molecule has 3 heterocycles. The first-order valence-electron chi connectivity index (χ1n) is 10.8. The number of halogens is 3. The number of ether oxygens (including phenoxy) is 2. The zero-order valence-corrected chi connectivity index (χ0v) is 17.9. The molecule has 1 N–H and O–H groups in total. The fourth-order valence-electron chi connectivity index (χ4n) is 3.91. The molecule has 172 valence electrons. The molecule has 0 radical (unpaired) electrons. The summed E-state index contributed by atoms with van der Waals surface area (Å²) < 4.78 is 50.7. The van der Waals surface area contributed by atoms with Crippen LogP contribution in [0, 0.1) is 5.92 Å². The topological polar surface area (TPSA) is 63.7 Å². The number of carbonyl (C=O) groups is 1. The molecule has 32 heavy (non-hydrogen) atoms. The lowest BCUT2D eigenvalue weighted by molar-refractivity contribution is -0.141. The number of nitrogens with zero attached hydrogens (tertiary/aromatic N) is 2. The van der Waals surface area contributed by atoms with Gasteiger partial charge in [-0.1, -0.05) is 19.1 Å². The average Bonchev–Trinajstić information content (AvgIpc) is 2.77. The quantitative estimate of drug-likeness (QED) is 0.749. The number of amides is 1. The van der Waals surface area contributed by atoms with E-state index in [1.54, 1.807) is 18.2 Å². The smallest absolute Gasteiger partial charge is 0.433 e. The number of carbonyl (C=O) groups excluding carboxylic acids is 1. The second kappa shape index (κ2) is 9.26. The molecule has 1 aromatic heterocycles. The van der Waals surface area contributed by atoms with Crippen LogP contribution in [-0.4, -0.2) is 37.2 Å².